The van der Waals surface area contributed by atoms with E-state index in [1.165, 1.54) is 18.6 Å². The summed E-state index contributed by atoms with van der Waals surface area (Å²) in [5, 5.41) is 6.28. The number of rotatable bonds is 6. The fourth-order valence-electron chi connectivity index (χ4n) is 2.56. The summed E-state index contributed by atoms with van der Waals surface area (Å²) >= 11 is 0. The van der Waals surface area contributed by atoms with Crippen molar-refractivity contribution in [2.75, 3.05) is 19.6 Å². The fourth-order valence-corrected chi connectivity index (χ4v) is 2.56. The van der Waals surface area contributed by atoms with Gasteiger partial charge in [0.1, 0.15) is 5.82 Å². The van der Waals surface area contributed by atoms with Crippen LogP contribution >= 0.6 is 0 Å². The highest BCUT2D eigenvalue weighted by molar-refractivity contribution is 5.75. The Morgan fingerprint density at radius 2 is 2.20 bits per heavy atom. The summed E-state index contributed by atoms with van der Waals surface area (Å²) in [5.41, 5.74) is 1.05. The van der Waals surface area contributed by atoms with E-state index in [1.54, 1.807) is 12.1 Å². The van der Waals surface area contributed by atoms with Crippen LogP contribution in [0.2, 0.25) is 0 Å². The van der Waals surface area contributed by atoms with Gasteiger partial charge in [0.25, 0.3) is 0 Å². The molecule has 4 heteroatoms. The first-order valence-electron chi connectivity index (χ1n) is 7.38. The molecule has 2 rings (SSSR count). The molecule has 0 bridgehead atoms. The van der Waals surface area contributed by atoms with E-state index in [0.29, 0.717) is 18.9 Å². The molecule has 110 valence electrons. The van der Waals surface area contributed by atoms with Crippen molar-refractivity contribution in [3.05, 3.63) is 35.6 Å². The Bertz CT molecular complexity index is 427. The van der Waals surface area contributed by atoms with E-state index in [9.17, 15) is 9.18 Å². The van der Waals surface area contributed by atoms with Crippen LogP contribution in [0.25, 0.3) is 0 Å². The average Bonchev–Trinajstić information content (AvgIpc) is 2.96. The van der Waals surface area contributed by atoms with Gasteiger partial charge in [-0.3, -0.25) is 4.79 Å². The van der Waals surface area contributed by atoms with Crippen LogP contribution < -0.4 is 10.6 Å². The van der Waals surface area contributed by atoms with E-state index in [0.717, 1.165) is 25.1 Å². The summed E-state index contributed by atoms with van der Waals surface area (Å²) in [6, 6.07) is 6.47. The lowest BCUT2D eigenvalue weighted by molar-refractivity contribution is -0.121. The van der Waals surface area contributed by atoms with E-state index >= 15 is 0 Å². The quantitative estimate of drug-likeness (QED) is 0.839. The monoisotopic (exact) mass is 278 g/mol. The minimum absolute atomic E-state index is 0.117. The second kappa shape index (κ2) is 7.39. The number of amides is 1. The third-order valence-electron chi connectivity index (χ3n) is 3.99. The Labute approximate surface area is 120 Å². The molecule has 0 spiro atoms. The van der Waals surface area contributed by atoms with Gasteiger partial charge in [-0.25, -0.2) is 4.39 Å². The number of hydrogen-bond donors (Lipinski definition) is 2. The molecule has 0 saturated carbocycles. The molecule has 1 amide bonds. The lowest BCUT2D eigenvalue weighted by Gasteiger charge is -2.14. The van der Waals surface area contributed by atoms with Crippen LogP contribution in [0.4, 0.5) is 4.39 Å². The molecule has 2 atom stereocenters. The SMILES string of the molecule is CC(CNC(=O)CCC1CCNC1)c1ccc(F)cc1. The molecule has 1 heterocycles. The van der Waals surface area contributed by atoms with Gasteiger partial charge < -0.3 is 10.6 Å². The Balaban J connectivity index is 1.68. The lowest BCUT2D eigenvalue weighted by atomic mass is 10.0. The van der Waals surface area contributed by atoms with Gasteiger partial charge in [-0.05, 0) is 55.5 Å². The molecule has 1 aliphatic rings. The van der Waals surface area contributed by atoms with Gasteiger partial charge >= 0.3 is 0 Å². The Morgan fingerprint density at radius 3 is 2.85 bits per heavy atom. The van der Waals surface area contributed by atoms with Crippen molar-refractivity contribution >= 4 is 5.91 Å². The second-order valence-corrected chi connectivity index (χ2v) is 5.65. The molecular weight excluding hydrogens is 255 g/mol. The molecule has 1 saturated heterocycles. The van der Waals surface area contributed by atoms with E-state index in [2.05, 4.69) is 10.6 Å². The minimum Gasteiger partial charge on any atom is -0.356 e. The molecule has 1 aliphatic heterocycles. The van der Waals surface area contributed by atoms with Crippen LogP contribution in [0, 0.1) is 11.7 Å². The van der Waals surface area contributed by atoms with Gasteiger partial charge in [0, 0.05) is 13.0 Å². The molecule has 20 heavy (non-hydrogen) atoms. The summed E-state index contributed by atoms with van der Waals surface area (Å²) in [7, 11) is 0. The van der Waals surface area contributed by atoms with Crippen LogP contribution in [0.1, 0.15) is 37.7 Å². The standard InChI is InChI=1S/C16H23FN2O/c1-12(14-3-5-15(17)6-4-14)10-19-16(20)7-2-13-8-9-18-11-13/h3-6,12-13,18H,2,7-11H2,1H3,(H,19,20). The Hall–Kier alpha value is -1.42. The first-order chi connectivity index (χ1) is 9.65. The van der Waals surface area contributed by atoms with E-state index in [1.807, 2.05) is 6.92 Å². The van der Waals surface area contributed by atoms with Gasteiger partial charge in [-0.15, -0.1) is 0 Å². The van der Waals surface area contributed by atoms with Crippen molar-refractivity contribution in [1.29, 1.82) is 0 Å². The maximum absolute atomic E-state index is 12.8. The predicted molar refractivity (Wildman–Crippen MR) is 78.0 cm³/mol. The lowest BCUT2D eigenvalue weighted by Crippen LogP contribution is -2.27. The number of carbonyl (C=O) groups excluding carboxylic acids is 1. The molecule has 0 aromatic heterocycles. The summed E-state index contributed by atoms with van der Waals surface area (Å²) in [6.45, 7) is 4.76. The van der Waals surface area contributed by atoms with Crippen LogP contribution in [-0.4, -0.2) is 25.5 Å². The third-order valence-corrected chi connectivity index (χ3v) is 3.99. The van der Waals surface area contributed by atoms with Crippen LogP contribution in [0.3, 0.4) is 0 Å². The number of nitrogens with one attached hydrogen (secondary N) is 2. The smallest absolute Gasteiger partial charge is 0.220 e. The highest BCUT2D eigenvalue weighted by Gasteiger charge is 2.16. The molecular formula is C16H23FN2O. The number of hydrogen-bond acceptors (Lipinski definition) is 2. The normalized spacial score (nSPS) is 19.8. The average molecular weight is 278 g/mol. The van der Waals surface area contributed by atoms with Crippen molar-refractivity contribution < 1.29 is 9.18 Å². The molecule has 2 N–H and O–H groups in total. The van der Waals surface area contributed by atoms with Gasteiger partial charge in [-0.2, -0.15) is 0 Å². The highest BCUT2D eigenvalue weighted by Crippen LogP contribution is 2.16. The first kappa shape index (κ1) is 15.0. The molecule has 1 aromatic carbocycles. The van der Waals surface area contributed by atoms with Crippen LogP contribution in [0.5, 0.6) is 0 Å². The van der Waals surface area contributed by atoms with Gasteiger partial charge in [-0.1, -0.05) is 19.1 Å². The predicted octanol–water partition coefficient (Wildman–Crippen LogP) is 2.44. The summed E-state index contributed by atoms with van der Waals surface area (Å²) in [4.78, 5) is 11.8. The molecule has 3 nitrogen and oxygen atoms in total. The van der Waals surface area contributed by atoms with Crippen molar-refractivity contribution in [2.24, 2.45) is 5.92 Å². The molecule has 1 aromatic rings. The van der Waals surface area contributed by atoms with Gasteiger partial charge in [0.2, 0.25) is 5.91 Å². The fraction of sp³-hybridized carbons (Fsp3) is 0.562. The van der Waals surface area contributed by atoms with Crippen molar-refractivity contribution in [3.63, 3.8) is 0 Å². The minimum atomic E-state index is -0.227. The second-order valence-electron chi connectivity index (χ2n) is 5.65. The summed E-state index contributed by atoms with van der Waals surface area (Å²) in [5.74, 6) is 0.740. The van der Waals surface area contributed by atoms with E-state index in [4.69, 9.17) is 0 Å². The van der Waals surface area contributed by atoms with Crippen molar-refractivity contribution in [1.82, 2.24) is 10.6 Å². The maximum Gasteiger partial charge on any atom is 0.220 e. The molecule has 2 unspecified atom stereocenters. The first-order valence-corrected chi connectivity index (χ1v) is 7.38. The highest BCUT2D eigenvalue weighted by atomic mass is 19.1. The zero-order valence-electron chi connectivity index (χ0n) is 12.0. The third kappa shape index (κ3) is 4.60. The van der Waals surface area contributed by atoms with Crippen LogP contribution in [-0.2, 0) is 4.79 Å². The molecule has 0 aliphatic carbocycles. The number of benzene rings is 1. The molecule has 0 radical (unpaired) electrons. The Kier molecular flexibility index (Phi) is 5.53. The largest absolute Gasteiger partial charge is 0.356 e. The zero-order chi connectivity index (χ0) is 14.4. The number of halogens is 1. The Morgan fingerprint density at radius 1 is 1.45 bits per heavy atom. The van der Waals surface area contributed by atoms with Crippen molar-refractivity contribution in [2.45, 2.75) is 32.1 Å². The van der Waals surface area contributed by atoms with Crippen LogP contribution in [0.15, 0.2) is 24.3 Å². The van der Waals surface area contributed by atoms with Gasteiger partial charge in [0.05, 0.1) is 0 Å². The number of carbonyl (C=O) groups is 1. The summed E-state index contributed by atoms with van der Waals surface area (Å²) in [6.07, 6.45) is 2.74. The van der Waals surface area contributed by atoms with E-state index < -0.39 is 0 Å². The van der Waals surface area contributed by atoms with Gasteiger partial charge in [0.15, 0.2) is 0 Å². The molecule has 1 fully saturated rings. The topological polar surface area (TPSA) is 41.1 Å². The summed E-state index contributed by atoms with van der Waals surface area (Å²) < 4.78 is 12.8. The van der Waals surface area contributed by atoms with Crippen molar-refractivity contribution in [3.8, 4) is 0 Å². The maximum atomic E-state index is 12.8. The zero-order valence-corrected chi connectivity index (χ0v) is 12.0. The van der Waals surface area contributed by atoms with E-state index in [-0.39, 0.29) is 17.6 Å².